The molecule has 0 spiro atoms. The van der Waals surface area contributed by atoms with E-state index in [1.807, 2.05) is 12.1 Å². The number of amides is 3. The van der Waals surface area contributed by atoms with E-state index in [2.05, 4.69) is 10.6 Å². The van der Waals surface area contributed by atoms with E-state index in [0.717, 1.165) is 11.4 Å². The molecule has 1 aliphatic heterocycles. The van der Waals surface area contributed by atoms with Crippen molar-refractivity contribution in [1.29, 1.82) is 0 Å². The number of urea groups is 1. The Kier molecular flexibility index (Phi) is 5.71. The number of nitrogens with zero attached hydrogens (tertiary/aromatic N) is 1. The normalized spacial score (nSPS) is 16.2. The van der Waals surface area contributed by atoms with Crippen molar-refractivity contribution in [2.24, 2.45) is 0 Å². The number of carbonyl (C=O) groups excluding carboxylic acids is 2. The third-order valence-corrected chi connectivity index (χ3v) is 4.49. The van der Waals surface area contributed by atoms with Gasteiger partial charge in [-0.2, -0.15) is 0 Å². The van der Waals surface area contributed by atoms with Crippen LogP contribution in [-0.2, 0) is 4.79 Å². The standard InChI is InChI=1S/C19H20ClN3O4/c1-26-15-6-4-14(5-7-15)23-11-13(10-18(23)24)21-19(25)22-16-9-12(20)3-8-17(16)27-2/h3-9,13H,10-11H2,1-2H3,(H2,21,22,25)/t13-/m0/s1. The molecular formula is C19H20ClN3O4. The SMILES string of the molecule is COc1ccc(N2C[C@@H](NC(=O)Nc3cc(Cl)ccc3OC)CC2=O)cc1. The van der Waals surface area contributed by atoms with Gasteiger partial charge in [0.2, 0.25) is 5.91 Å². The maximum Gasteiger partial charge on any atom is 0.319 e. The Bertz CT molecular complexity index is 841. The number of carbonyl (C=O) groups is 2. The molecule has 142 valence electrons. The largest absolute Gasteiger partial charge is 0.497 e. The molecular weight excluding hydrogens is 370 g/mol. The van der Waals surface area contributed by atoms with E-state index in [4.69, 9.17) is 21.1 Å². The molecule has 8 heteroatoms. The van der Waals surface area contributed by atoms with Crippen molar-refractivity contribution in [3.05, 3.63) is 47.5 Å². The Morgan fingerprint density at radius 1 is 1.15 bits per heavy atom. The highest BCUT2D eigenvalue weighted by Gasteiger charge is 2.31. The quantitative estimate of drug-likeness (QED) is 0.822. The van der Waals surface area contributed by atoms with Crippen molar-refractivity contribution >= 4 is 34.9 Å². The number of ether oxygens (including phenoxy) is 2. The highest BCUT2D eigenvalue weighted by atomic mass is 35.5. The summed E-state index contributed by atoms with van der Waals surface area (Å²) in [6, 6.07) is 11.4. The summed E-state index contributed by atoms with van der Waals surface area (Å²) in [5.74, 6) is 1.16. The number of halogens is 1. The first-order valence-corrected chi connectivity index (χ1v) is 8.73. The average molecular weight is 390 g/mol. The molecule has 2 aromatic rings. The minimum absolute atomic E-state index is 0.0502. The lowest BCUT2D eigenvalue weighted by molar-refractivity contribution is -0.117. The van der Waals surface area contributed by atoms with Crippen LogP contribution in [0.15, 0.2) is 42.5 Å². The molecule has 0 aromatic heterocycles. The first-order valence-electron chi connectivity index (χ1n) is 8.35. The van der Waals surface area contributed by atoms with E-state index in [-0.39, 0.29) is 18.4 Å². The summed E-state index contributed by atoms with van der Waals surface area (Å²) in [5.41, 5.74) is 1.22. The lowest BCUT2D eigenvalue weighted by atomic mass is 10.2. The lowest BCUT2D eigenvalue weighted by Gasteiger charge is -2.18. The van der Waals surface area contributed by atoms with Crippen LogP contribution in [-0.4, -0.2) is 38.7 Å². The Morgan fingerprint density at radius 3 is 2.56 bits per heavy atom. The van der Waals surface area contributed by atoms with Crippen LogP contribution < -0.4 is 25.0 Å². The molecule has 1 heterocycles. The molecule has 7 nitrogen and oxygen atoms in total. The molecule has 0 bridgehead atoms. The average Bonchev–Trinajstić information content (AvgIpc) is 3.02. The summed E-state index contributed by atoms with van der Waals surface area (Å²) < 4.78 is 10.3. The second kappa shape index (κ2) is 8.18. The fraction of sp³-hybridized carbons (Fsp3) is 0.263. The first kappa shape index (κ1) is 18.8. The van der Waals surface area contributed by atoms with Crippen molar-refractivity contribution in [3.63, 3.8) is 0 Å². The van der Waals surface area contributed by atoms with Crippen LogP contribution in [0.25, 0.3) is 0 Å². The number of methoxy groups -OCH3 is 2. The Morgan fingerprint density at radius 2 is 1.89 bits per heavy atom. The predicted molar refractivity (Wildman–Crippen MR) is 104 cm³/mol. The van der Waals surface area contributed by atoms with Gasteiger partial charge in [0.15, 0.2) is 0 Å². The number of rotatable bonds is 5. The third kappa shape index (κ3) is 4.43. The van der Waals surface area contributed by atoms with Crippen molar-refractivity contribution in [2.75, 3.05) is 31.0 Å². The Balaban J connectivity index is 1.62. The van der Waals surface area contributed by atoms with E-state index in [9.17, 15) is 9.59 Å². The second-order valence-corrected chi connectivity index (χ2v) is 6.48. The molecule has 27 heavy (non-hydrogen) atoms. The highest BCUT2D eigenvalue weighted by Crippen LogP contribution is 2.28. The fourth-order valence-electron chi connectivity index (χ4n) is 2.94. The smallest absolute Gasteiger partial charge is 0.319 e. The fourth-order valence-corrected chi connectivity index (χ4v) is 3.11. The van der Waals surface area contributed by atoms with Crippen LogP contribution in [0.5, 0.6) is 11.5 Å². The number of anilines is 2. The summed E-state index contributed by atoms with van der Waals surface area (Å²) in [7, 11) is 3.10. The molecule has 0 aliphatic carbocycles. The summed E-state index contributed by atoms with van der Waals surface area (Å²) in [6.45, 7) is 0.394. The first-order chi connectivity index (χ1) is 13.0. The molecule has 3 amide bonds. The number of benzene rings is 2. The van der Waals surface area contributed by atoms with Gasteiger partial charge >= 0.3 is 6.03 Å². The lowest BCUT2D eigenvalue weighted by Crippen LogP contribution is -2.39. The summed E-state index contributed by atoms with van der Waals surface area (Å²) in [4.78, 5) is 26.3. The molecule has 1 aliphatic rings. The topological polar surface area (TPSA) is 79.9 Å². The summed E-state index contributed by atoms with van der Waals surface area (Å²) in [6.07, 6.45) is 0.228. The number of hydrogen-bond acceptors (Lipinski definition) is 4. The minimum Gasteiger partial charge on any atom is -0.497 e. The van der Waals surface area contributed by atoms with Gasteiger partial charge in [-0.15, -0.1) is 0 Å². The van der Waals surface area contributed by atoms with Crippen LogP contribution in [0.3, 0.4) is 0 Å². The van der Waals surface area contributed by atoms with Gasteiger partial charge in [-0.25, -0.2) is 4.79 Å². The van der Waals surface area contributed by atoms with E-state index < -0.39 is 6.03 Å². The van der Waals surface area contributed by atoms with E-state index in [0.29, 0.717) is 23.0 Å². The molecule has 1 atom stereocenters. The zero-order valence-corrected chi connectivity index (χ0v) is 15.7. The van der Waals surface area contributed by atoms with Gasteiger partial charge in [-0.1, -0.05) is 11.6 Å². The van der Waals surface area contributed by atoms with E-state index in [1.54, 1.807) is 42.3 Å². The van der Waals surface area contributed by atoms with Crippen LogP contribution >= 0.6 is 11.6 Å². The molecule has 0 saturated carbocycles. The van der Waals surface area contributed by atoms with Gasteiger partial charge in [-0.05, 0) is 42.5 Å². The zero-order chi connectivity index (χ0) is 19.4. The van der Waals surface area contributed by atoms with Crippen molar-refractivity contribution in [1.82, 2.24) is 5.32 Å². The van der Waals surface area contributed by atoms with Gasteiger partial charge in [0, 0.05) is 23.7 Å². The molecule has 0 radical (unpaired) electrons. The Hall–Kier alpha value is -2.93. The molecule has 0 unspecified atom stereocenters. The van der Waals surface area contributed by atoms with Gasteiger partial charge in [0.25, 0.3) is 0 Å². The summed E-state index contributed by atoms with van der Waals surface area (Å²) >= 11 is 5.97. The van der Waals surface area contributed by atoms with Crippen molar-refractivity contribution < 1.29 is 19.1 Å². The van der Waals surface area contributed by atoms with Crippen molar-refractivity contribution in [2.45, 2.75) is 12.5 Å². The monoisotopic (exact) mass is 389 g/mol. The maximum atomic E-state index is 12.3. The van der Waals surface area contributed by atoms with Crippen LogP contribution in [0.2, 0.25) is 5.02 Å². The van der Waals surface area contributed by atoms with Crippen LogP contribution in [0.1, 0.15) is 6.42 Å². The van der Waals surface area contributed by atoms with E-state index >= 15 is 0 Å². The summed E-state index contributed by atoms with van der Waals surface area (Å²) in [5, 5.41) is 6.00. The molecule has 2 aromatic carbocycles. The molecule has 2 N–H and O–H groups in total. The molecule has 1 fully saturated rings. The number of hydrogen-bond donors (Lipinski definition) is 2. The van der Waals surface area contributed by atoms with Crippen molar-refractivity contribution in [3.8, 4) is 11.5 Å². The molecule has 3 rings (SSSR count). The zero-order valence-electron chi connectivity index (χ0n) is 15.0. The van der Waals surface area contributed by atoms with Gasteiger partial charge in [0.1, 0.15) is 11.5 Å². The Labute approximate surface area is 162 Å². The molecule has 1 saturated heterocycles. The predicted octanol–water partition coefficient (Wildman–Crippen LogP) is 3.28. The van der Waals surface area contributed by atoms with Gasteiger partial charge in [-0.3, -0.25) is 4.79 Å². The third-order valence-electron chi connectivity index (χ3n) is 4.25. The minimum atomic E-state index is -0.426. The second-order valence-electron chi connectivity index (χ2n) is 6.05. The van der Waals surface area contributed by atoms with Gasteiger partial charge < -0.3 is 25.0 Å². The maximum absolute atomic E-state index is 12.3. The van der Waals surface area contributed by atoms with Crippen LogP contribution in [0, 0.1) is 0 Å². The van der Waals surface area contributed by atoms with Crippen LogP contribution in [0.4, 0.5) is 16.2 Å². The van der Waals surface area contributed by atoms with E-state index in [1.165, 1.54) is 7.11 Å². The van der Waals surface area contributed by atoms with Gasteiger partial charge in [0.05, 0.1) is 25.9 Å². The number of nitrogens with one attached hydrogen (secondary N) is 2. The highest BCUT2D eigenvalue weighted by molar-refractivity contribution is 6.31.